The van der Waals surface area contributed by atoms with Crippen LogP contribution in [0.2, 0.25) is 0 Å². The number of aromatic amines is 1. The van der Waals surface area contributed by atoms with Crippen molar-refractivity contribution in [3.05, 3.63) is 80.8 Å². The molecule has 0 saturated carbocycles. The van der Waals surface area contributed by atoms with Gasteiger partial charge in [0.15, 0.2) is 0 Å². The Bertz CT molecular complexity index is 1330. The van der Waals surface area contributed by atoms with E-state index in [1.807, 2.05) is 17.5 Å². The van der Waals surface area contributed by atoms with Crippen molar-refractivity contribution >= 4 is 23.1 Å². The van der Waals surface area contributed by atoms with E-state index in [1.54, 1.807) is 6.07 Å². The fourth-order valence-corrected chi connectivity index (χ4v) is 4.37. The molecular weight excluding hydrogens is 417 g/mol. The highest BCUT2D eigenvalue weighted by Gasteiger charge is 2.20. The molecule has 2 N–H and O–H groups in total. The predicted octanol–water partition coefficient (Wildman–Crippen LogP) is 3.95. The average molecular weight is 435 g/mol. The molecule has 0 bridgehead atoms. The SMILES string of the molecule is O=C(Nc1cc(-c2cccs2)nn1-c1nc2c(c(=O)[nH]1)CCCC2)c1cccc(F)c1. The number of fused-ring (bicyclic) bond motifs is 1. The maximum Gasteiger partial charge on any atom is 0.256 e. The Balaban J connectivity index is 1.59. The summed E-state index contributed by atoms with van der Waals surface area (Å²) in [5.74, 6) is -0.417. The Kier molecular flexibility index (Phi) is 4.95. The molecule has 5 rings (SSSR count). The number of amides is 1. The van der Waals surface area contributed by atoms with Gasteiger partial charge < -0.3 is 5.32 Å². The minimum Gasteiger partial charge on any atom is -0.306 e. The molecule has 4 aromatic rings. The van der Waals surface area contributed by atoms with Gasteiger partial charge in [0.25, 0.3) is 11.5 Å². The Morgan fingerprint density at radius 3 is 2.84 bits per heavy atom. The molecule has 0 unspecified atom stereocenters. The largest absolute Gasteiger partial charge is 0.306 e. The normalized spacial score (nSPS) is 13.1. The first-order chi connectivity index (χ1) is 15.1. The van der Waals surface area contributed by atoms with E-state index < -0.39 is 11.7 Å². The summed E-state index contributed by atoms with van der Waals surface area (Å²) in [6.45, 7) is 0. The topological polar surface area (TPSA) is 92.7 Å². The quantitative estimate of drug-likeness (QED) is 0.508. The zero-order valence-electron chi connectivity index (χ0n) is 16.4. The molecule has 0 spiro atoms. The van der Waals surface area contributed by atoms with Crippen LogP contribution < -0.4 is 10.9 Å². The number of carbonyl (C=O) groups excluding carboxylic acids is 1. The number of thiophene rings is 1. The number of nitrogens with zero attached hydrogens (tertiary/aromatic N) is 3. The van der Waals surface area contributed by atoms with E-state index in [2.05, 4.69) is 20.4 Å². The summed E-state index contributed by atoms with van der Waals surface area (Å²) in [4.78, 5) is 33.7. The third-order valence-corrected chi connectivity index (χ3v) is 6.08. The van der Waals surface area contributed by atoms with Gasteiger partial charge in [-0.05, 0) is 55.3 Å². The summed E-state index contributed by atoms with van der Waals surface area (Å²) < 4.78 is 15.0. The van der Waals surface area contributed by atoms with Crippen LogP contribution in [0.25, 0.3) is 16.5 Å². The summed E-state index contributed by atoms with van der Waals surface area (Å²) in [6, 6.07) is 11.0. The van der Waals surface area contributed by atoms with Gasteiger partial charge >= 0.3 is 0 Å². The summed E-state index contributed by atoms with van der Waals surface area (Å²) in [5, 5.41) is 9.28. The van der Waals surface area contributed by atoms with E-state index in [0.29, 0.717) is 23.5 Å². The molecule has 0 atom stereocenters. The van der Waals surface area contributed by atoms with Crippen LogP contribution >= 0.6 is 11.3 Å². The molecule has 0 radical (unpaired) electrons. The second-order valence-corrected chi connectivity index (χ2v) is 8.24. The standard InChI is InChI=1S/C22H18FN5O2S/c23-14-6-3-5-13(11-14)20(29)25-19-12-17(18-9-4-10-31-18)27-28(19)22-24-16-8-2-1-7-15(16)21(30)26-22/h3-6,9-12H,1-2,7-8H2,(H,25,29)(H,24,26,30). The number of rotatable bonds is 4. The molecule has 1 amide bonds. The Labute approximate surface area is 180 Å². The summed E-state index contributed by atoms with van der Waals surface area (Å²) in [6.07, 6.45) is 3.39. The van der Waals surface area contributed by atoms with Crippen molar-refractivity contribution in [2.24, 2.45) is 0 Å². The van der Waals surface area contributed by atoms with Crippen LogP contribution in [0.3, 0.4) is 0 Å². The number of aryl methyl sites for hydroxylation is 1. The number of hydrogen-bond donors (Lipinski definition) is 2. The van der Waals surface area contributed by atoms with Crippen LogP contribution in [0.15, 0.2) is 52.6 Å². The monoisotopic (exact) mass is 435 g/mol. The number of benzene rings is 1. The first kappa shape index (κ1) is 19.4. The number of carbonyl (C=O) groups is 1. The van der Waals surface area contributed by atoms with E-state index in [4.69, 9.17) is 0 Å². The van der Waals surface area contributed by atoms with Gasteiger partial charge in [-0.25, -0.2) is 9.37 Å². The van der Waals surface area contributed by atoms with Crippen molar-refractivity contribution in [2.45, 2.75) is 25.7 Å². The third kappa shape index (κ3) is 3.79. The van der Waals surface area contributed by atoms with Gasteiger partial charge in [0.2, 0.25) is 5.95 Å². The maximum absolute atomic E-state index is 13.6. The van der Waals surface area contributed by atoms with Crippen molar-refractivity contribution in [1.82, 2.24) is 19.7 Å². The van der Waals surface area contributed by atoms with E-state index in [-0.39, 0.29) is 17.1 Å². The van der Waals surface area contributed by atoms with Crippen molar-refractivity contribution in [1.29, 1.82) is 0 Å². The number of halogens is 1. The average Bonchev–Trinajstić information content (AvgIpc) is 3.44. The van der Waals surface area contributed by atoms with Crippen LogP contribution in [0, 0.1) is 5.82 Å². The Hall–Kier alpha value is -3.59. The van der Waals surface area contributed by atoms with Gasteiger partial charge in [-0.2, -0.15) is 9.78 Å². The van der Waals surface area contributed by atoms with Gasteiger partial charge in [0.05, 0.1) is 10.6 Å². The molecule has 156 valence electrons. The minimum atomic E-state index is -0.499. The molecule has 1 aliphatic carbocycles. The molecule has 9 heteroatoms. The van der Waals surface area contributed by atoms with Gasteiger partial charge in [0.1, 0.15) is 17.3 Å². The van der Waals surface area contributed by atoms with Crippen LogP contribution in [-0.2, 0) is 12.8 Å². The lowest BCUT2D eigenvalue weighted by Gasteiger charge is -2.15. The van der Waals surface area contributed by atoms with E-state index in [9.17, 15) is 14.0 Å². The highest BCUT2D eigenvalue weighted by atomic mass is 32.1. The van der Waals surface area contributed by atoms with Crippen LogP contribution in [-0.4, -0.2) is 25.7 Å². The first-order valence-electron chi connectivity index (χ1n) is 9.92. The van der Waals surface area contributed by atoms with Crippen molar-refractivity contribution < 1.29 is 9.18 Å². The fraction of sp³-hybridized carbons (Fsp3) is 0.182. The lowest BCUT2D eigenvalue weighted by atomic mass is 9.97. The number of anilines is 1. The molecule has 0 aliphatic heterocycles. The molecule has 3 heterocycles. The van der Waals surface area contributed by atoms with E-state index in [1.165, 1.54) is 34.2 Å². The van der Waals surface area contributed by atoms with E-state index in [0.717, 1.165) is 35.9 Å². The highest BCUT2D eigenvalue weighted by molar-refractivity contribution is 7.13. The van der Waals surface area contributed by atoms with Crippen molar-refractivity contribution in [2.75, 3.05) is 5.32 Å². The predicted molar refractivity (Wildman–Crippen MR) is 116 cm³/mol. The number of nitrogens with one attached hydrogen (secondary N) is 2. The van der Waals surface area contributed by atoms with Crippen LogP contribution in [0.5, 0.6) is 0 Å². The second-order valence-electron chi connectivity index (χ2n) is 7.29. The number of H-pyrrole nitrogens is 1. The Morgan fingerprint density at radius 2 is 2.03 bits per heavy atom. The molecule has 31 heavy (non-hydrogen) atoms. The molecule has 0 saturated heterocycles. The lowest BCUT2D eigenvalue weighted by molar-refractivity contribution is 0.102. The smallest absolute Gasteiger partial charge is 0.256 e. The van der Waals surface area contributed by atoms with Crippen LogP contribution in [0.1, 0.15) is 34.5 Å². The second kappa shape index (κ2) is 7.92. The van der Waals surface area contributed by atoms with Gasteiger partial charge in [0, 0.05) is 17.2 Å². The molecule has 3 aromatic heterocycles. The minimum absolute atomic E-state index is 0.178. The molecular formula is C22H18FN5O2S. The maximum atomic E-state index is 13.6. The van der Waals surface area contributed by atoms with Crippen molar-refractivity contribution in [3.8, 4) is 16.5 Å². The molecule has 1 aromatic carbocycles. The zero-order chi connectivity index (χ0) is 21.4. The highest BCUT2D eigenvalue weighted by Crippen LogP contribution is 2.28. The summed E-state index contributed by atoms with van der Waals surface area (Å²) in [5.41, 5.74) is 2.10. The number of hydrogen-bond acceptors (Lipinski definition) is 5. The summed E-state index contributed by atoms with van der Waals surface area (Å²) >= 11 is 1.51. The Morgan fingerprint density at radius 1 is 1.16 bits per heavy atom. The third-order valence-electron chi connectivity index (χ3n) is 5.19. The summed E-state index contributed by atoms with van der Waals surface area (Å²) in [7, 11) is 0. The zero-order valence-corrected chi connectivity index (χ0v) is 17.2. The molecule has 1 aliphatic rings. The lowest BCUT2D eigenvalue weighted by Crippen LogP contribution is -2.24. The molecule has 0 fully saturated rings. The number of aromatic nitrogens is 4. The van der Waals surface area contributed by atoms with Crippen LogP contribution in [0.4, 0.5) is 10.2 Å². The van der Waals surface area contributed by atoms with Gasteiger partial charge in [-0.15, -0.1) is 11.3 Å². The van der Waals surface area contributed by atoms with Crippen molar-refractivity contribution in [3.63, 3.8) is 0 Å². The van der Waals surface area contributed by atoms with Gasteiger partial charge in [-0.1, -0.05) is 12.1 Å². The first-order valence-corrected chi connectivity index (χ1v) is 10.8. The van der Waals surface area contributed by atoms with Gasteiger partial charge in [-0.3, -0.25) is 14.6 Å². The van der Waals surface area contributed by atoms with E-state index >= 15 is 0 Å². The fourth-order valence-electron chi connectivity index (χ4n) is 3.68. The molecule has 7 nitrogen and oxygen atoms in total.